The predicted octanol–water partition coefficient (Wildman–Crippen LogP) is 5.22. The van der Waals surface area contributed by atoms with Crippen LogP contribution in [0, 0.1) is 6.92 Å². The van der Waals surface area contributed by atoms with Crippen molar-refractivity contribution >= 4 is 11.3 Å². The number of aryl methyl sites for hydroxylation is 2. The van der Waals surface area contributed by atoms with Crippen LogP contribution < -0.4 is 14.3 Å². The van der Waals surface area contributed by atoms with Gasteiger partial charge in [0, 0.05) is 5.92 Å². The highest BCUT2D eigenvalue weighted by Gasteiger charge is 2.31. The van der Waals surface area contributed by atoms with Gasteiger partial charge in [0.1, 0.15) is 17.2 Å². The molecule has 1 heterocycles. The minimum Gasteiger partial charge on any atom is -0.494 e. The molecule has 0 amide bonds. The summed E-state index contributed by atoms with van der Waals surface area (Å²) in [5.41, 5.74) is 2.57. The summed E-state index contributed by atoms with van der Waals surface area (Å²) in [5.74, 6) is 0.543. The van der Waals surface area contributed by atoms with Gasteiger partial charge < -0.3 is 14.6 Å². The van der Waals surface area contributed by atoms with Gasteiger partial charge in [-0.15, -0.1) is 13.2 Å². The van der Waals surface area contributed by atoms with E-state index in [9.17, 15) is 23.1 Å². The summed E-state index contributed by atoms with van der Waals surface area (Å²) in [6, 6.07) is 9.44. The first kappa shape index (κ1) is 19.4. The standard InChI is InChI=1S/C20H16F3NO4S/c1-10-8-13(28-20(21,22)23)4-7-16(10)27-12-3-6-14-11(9-12)2-5-15(14)17-18(25)24-19(26)29-17/h3-4,6-9,15,25H,2,5H2,1H3,(H,24,26)/t15-/m1/s1. The summed E-state index contributed by atoms with van der Waals surface area (Å²) in [7, 11) is 0. The van der Waals surface area contributed by atoms with Crippen LogP contribution >= 0.6 is 11.3 Å². The fraction of sp³-hybridized carbons (Fsp3) is 0.250. The maximum absolute atomic E-state index is 12.3. The van der Waals surface area contributed by atoms with Crippen molar-refractivity contribution in [3.8, 4) is 23.1 Å². The van der Waals surface area contributed by atoms with Crippen molar-refractivity contribution in [2.75, 3.05) is 0 Å². The Morgan fingerprint density at radius 2 is 1.93 bits per heavy atom. The van der Waals surface area contributed by atoms with Gasteiger partial charge in [0.05, 0.1) is 4.88 Å². The van der Waals surface area contributed by atoms with Crippen molar-refractivity contribution in [1.29, 1.82) is 0 Å². The van der Waals surface area contributed by atoms with Crippen LogP contribution in [0.2, 0.25) is 0 Å². The molecule has 3 aromatic rings. The van der Waals surface area contributed by atoms with E-state index in [4.69, 9.17) is 4.74 Å². The van der Waals surface area contributed by atoms with E-state index < -0.39 is 6.36 Å². The molecule has 0 aliphatic heterocycles. The van der Waals surface area contributed by atoms with Gasteiger partial charge in [-0.2, -0.15) is 0 Å². The number of aromatic nitrogens is 1. The summed E-state index contributed by atoms with van der Waals surface area (Å²) in [6.45, 7) is 1.64. The lowest BCUT2D eigenvalue weighted by Crippen LogP contribution is -2.17. The molecule has 1 atom stereocenters. The quantitative estimate of drug-likeness (QED) is 0.604. The lowest BCUT2D eigenvalue weighted by atomic mass is 10.00. The highest BCUT2D eigenvalue weighted by Crippen LogP contribution is 2.43. The van der Waals surface area contributed by atoms with Crippen molar-refractivity contribution < 1.29 is 27.8 Å². The van der Waals surface area contributed by atoms with E-state index in [1.54, 1.807) is 13.0 Å². The zero-order valence-corrected chi connectivity index (χ0v) is 16.0. The number of aromatic amines is 1. The van der Waals surface area contributed by atoms with Crippen LogP contribution in [0.1, 0.15) is 33.9 Å². The second-order valence-corrected chi connectivity index (χ2v) is 7.77. The third-order valence-corrected chi connectivity index (χ3v) is 5.76. The zero-order chi connectivity index (χ0) is 20.8. The summed E-state index contributed by atoms with van der Waals surface area (Å²) >= 11 is 1.00. The number of thiazole rings is 1. The number of halogens is 3. The molecule has 2 N–H and O–H groups in total. The second kappa shape index (κ2) is 7.14. The van der Waals surface area contributed by atoms with Gasteiger partial charge in [-0.1, -0.05) is 17.4 Å². The van der Waals surface area contributed by atoms with Gasteiger partial charge >= 0.3 is 11.2 Å². The summed E-state index contributed by atoms with van der Waals surface area (Å²) in [4.78, 5) is 14.2. The second-order valence-electron chi connectivity index (χ2n) is 6.76. The molecule has 9 heteroatoms. The molecule has 0 bridgehead atoms. The minimum absolute atomic E-state index is 0.0523. The highest BCUT2D eigenvalue weighted by molar-refractivity contribution is 7.09. The number of hydrogen-bond acceptors (Lipinski definition) is 5. The molecule has 29 heavy (non-hydrogen) atoms. The molecule has 152 valence electrons. The third kappa shape index (κ3) is 4.09. The number of alkyl halides is 3. The molecule has 5 nitrogen and oxygen atoms in total. The molecule has 4 rings (SSSR count). The van der Waals surface area contributed by atoms with Crippen LogP contribution in [-0.4, -0.2) is 16.5 Å². The van der Waals surface area contributed by atoms with Crippen LogP contribution in [0.3, 0.4) is 0 Å². The molecule has 1 aliphatic carbocycles. The Labute approximate surface area is 167 Å². The topological polar surface area (TPSA) is 71.5 Å². The van der Waals surface area contributed by atoms with Gasteiger partial charge in [-0.05, 0) is 66.8 Å². The number of hydrogen-bond donors (Lipinski definition) is 2. The molecule has 0 spiro atoms. The van der Waals surface area contributed by atoms with Crippen molar-refractivity contribution in [2.24, 2.45) is 0 Å². The fourth-order valence-electron chi connectivity index (χ4n) is 3.56. The molecule has 0 radical (unpaired) electrons. The van der Waals surface area contributed by atoms with Crippen LogP contribution in [-0.2, 0) is 6.42 Å². The van der Waals surface area contributed by atoms with Crippen molar-refractivity contribution in [1.82, 2.24) is 4.98 Å². The molecule has 0 fully saturated rings. The Bertz CT molecular complexity index is 1120. The van der Waals surface area contributed by atoms with Gasteiger partial charge in [0.25, 0.3) is 0 Å². The number of benzene rings is 2. The lowest BCUT2D eigenvalue weighted by Gasteiger charge is -2.14. The van der Waals surface area contributed by atoms with Crippen LogP contribution in [0.15, 0.2) is 41.2 Å². The predicted molar refractivity (Wildman–Crippen MR) is 101 cm³/mol. The highest BCUT2D eigenvalue weighted by atomic mass is 32.1. The minimum atomic E-state index is -4.74. The first-order valence-corrected chi connectivity index (χ1v) is 9.60. The molecular formula is C20H16F3NO4S. The Hall–Kier alpha value is -2.94. The summed E-state index contributed by atoms with van der Waals surface area (Å²) in [5, 5.41) is 9.94. The van der Waals surface area contributed by atoms with E-state index in [0.717, 1.165) is 35.3 Å². The average molecular weight is 423 g/mol. The maximum atomic E-state index is 12.3. The van der Waals surface area contributed by atoms with E-state index in [1.807, 2.05) is 12.1 Å². The molecule has 0 saturated carbocycles. The van der Waals surface area contributed by atoms with E-state index in [-0.39, 0.29) is 22.4 Å². The largest absolute Gasteiger partial charge is 0.573 e. The van der Waals surface area contributed by atoms with Crippen molar-refractivity contribution in [3.05, 3.63) is 67.6 Å². The number of H-pyrrole nitrogens is 1. The van der Waals surface area contributed by atoms with Gasteiger partial charge in [0.2, 0.25) is 5.88 Å². The number of ether oxygens (including phenoxy) is 2. The summed E-state index contributed by atoms with van der Waals surface area (Å²) < 4.78 is 46.8. The Kier molecular flexibility index (Phi) is 4.77. The van der Waals surface area contributed by atoms with E-state index in [2.05, 4.69) is 9.72 Å². The SMILES string of the molecule is Cc1cc(OC(F)(F)F)ccc1Oc1ccc2c(c1)CC[C@H]2c1sc(=O)[nH]c1O. The van der Waals surface area contributed by atoms with Crippen LogP contribution in [0.5, 0.6) is 23.1 Å². The Morgan fingerprint density at radius 1 is 1.17 bits per heavy atom. The van der Waals surface area contributed by atoms with E-state index in [0.29, 0.717) is 21.9 Å². The zero-order valence-electron chi connectivity index (χ0n) is 15.2. The van der Waals surface area contributed by atoms with Crippen molar-refractivity contribution in [2.45, 2.75) is 32.0 Å². The average Bonchev–Trinajstić information content (AvgIpc) is 3.18. The van der Waals surface area contributed by atoms with E-state index >= 15 is 0 Å². The first-order chi connectivity index (χ1) is 13.7. The Morgan fingerprint density at radius 3 is 2.59 bits per heavy atom. The van der Waals surface area contributed by atoms with Crippen LogP contribution in [0.4, 0.5) is 13.2 Å². The first-order valence-electron chi connectivity index (χ1n) is 8.78. The van der Waals surface area contributed by atoms with Gasteiger partial charge in [-0.25, -0.2) is 0 Å². The van der Waals surface area contributed by atoms with E-state index in [1.165, 1.54) is 18.2 Å². The lowest BCUT2D eigenvalue weighted by molar-refractivity contribution is -0.274. The fourth-order valence-corrected chi connectivity index (χ4v) is 4.44. The molecular weight excluding hydrogens is 407 g/mol. The number of aromatic hydroxyl groups is 1. The molecule has 0 unspecified atom stereocenters. The molecule has 2 aromatic carbocycles. The molecule has 1 aromatic heterocycles. The third-order valence-electron chi connectivity index (χ3n) is 4.77. The number of nitrogens with one attached hydrogen (secondary N) is 1. The number of fused-ring (bicyclic) bond motifs is 1. The van der Waals surface area contributed by atoms with Gasteiger partial charge in [0.15, 0.2) is 0 Å². The molecule has 1 aliphatic rings. The summed E-state index contributed by atoms with van der Waals surface area (Å²) in [6.07, 6.45) is -3.21. The van der Waals surface area contributed by atoms with Crippen LogP contribution in [0.25, 0.3) is 0 Å². The van der Waals surface area contributed by atoms with Gasteiger partial charge in [-0.3, -0.25) is 9.78 Å². The van der Waals surface area contributed by atoms with Crippen molar-refractivity contribution in [3.63, 3.8) is 0 Å². The maximum Gasteiger partial charge on any atom is 0.573 e. The molecule has 0 saturated heterocycles. The number of rotatable bonds is 4. The monoisotopic (exact) mass is 423 g/mol. The smallest absolute Gasteiger partial charge is 0.494 e. The normalized spacial score (nSPS) is 15.9. The Balaban J connectivity index is 1.55.